The van der Waals surface area contributed by atoms with Crippen molar-refractivity contribution in [3.05, 3.63) is 75.2 Å². The van der Waals surface area contributed by atoms with Gasteiger partial charge in [0.25, 0.3) is 0 Å². The van der Waals surface area contributed by atoms with Gasteiger partial charge >= 0.3 is 0 Å². The Morgan fingerprint density at radius 3 is 2.62 bits per heavy atom. The highest BCUT2D eigenvalue weighted by Gasteiger charge is 2.05. The number of benzene rings is 2. The minimum absolute atomic E-state index is 0.353. The summed E-state index contributed by atoms with van der Waals surface area (Å²) in [5.41, 5.74) is 1.40. The van der Waals surface area contributed by atoms with Gasteiger partial charge in [-0.3, -0.25) is 0 Å². The second-order valence-corrected chi connectivity index (χ2v) is 6.28. The number of hydrogen-bond donors (Lipinski definition) is 0. The second kappa shape index (κ2) is 7.82. The second-order valence-electron chi connectivity index (χ2n) is 4.90. The fourth-order valence-corrected chi connectivity index (χ4v) is 2.79. The first-order valence-electron chi connectivity index (χ1n) is 7.17. The molecule has 0 aliphatic rings. The predicted octanol–water partition coefficient (Wildman–Crippen LogP) is 4.83. The molecule has 24 heavy (non-hydrogen) atoms. The zero-order valence-electron chi connectivity index (χ0n) is 12.6. The monoisotopic (exact) mass is 356 g/mol. The van der Waals surface area contributed by atoms with Gasteiger partial charge in [0.05, 0.1) is 17.3 Å². The minimum Gasteiger partial charge on any atom is -0.487 e. The van der Waals surface area contributed by atoms with Crippen LogP contribution < -0.4 is 9.47 Å². The van der Waals surface area contributed by atoms with Gasteiger partial charge < -0.3 is 9.47 Å². The maximum atomic E-state index is 8.88. The average Bonchev–Trinajstić information content (AvgIpc) is 3.08. The van der Waals surface area contributed by atoms with E-state index in [2.05, 4.69) is 11.1 Å². The molecule has 2 aromatic carbocycles. The molecule has 0 amide bonds. The molecule has 6 heteroatoms. The number of hydrogen-bond acceptors (Lipinski definition) is 5. The first-order valence-corrected chi connectivity index (χ1v) is 8.43. The summed E-state index contributed by atoms with van der Waals surface area (Å²) < 4.78 is 11.3. The number of rotatable bonds is 6. The molecule has 3 rings (SSSR count). The maximum absolute atomic E-state index is 8.88. The summed E-state index contributed by atoms with van der Waals surface area (Å²) in [4.78, 5) is 4.48. The van der Waals surface area contributed by atoms with Crippen LogP contribution in [0.5, 0.6) is 11.5 Å². The fraction of sp³-hybridized carbons (Fsp3) is 0.111. The summed E-state index contributed by atoms with van der Waals surface area (Å²) in [5.74, 6) is 1.40. The number of nitriles is 1. The van der Waals surface area contributed by atoms with Crippen LogP contribution in [0.4, 0.5) is 0 Å². The van der Waals surface area contributed by atoms with Crippen LogP contribution in [0.2, 0.25) is 5.02 Å². The smallest absolute Gasteiger partial charge is 0.140 e. The van der Waals surface area contributed by atoms with Crippen LogP contribution in [0, 0.1) is 11.3 Å². The Morgan fingerprint density at radius 2 is 1.83 bits per heavy atom. The number of nitrogens with zero attached hydrogens (tertiary/aromatic N) is 2. The van der Waals surface area contributed by atoms with Crippen molar-refractivity contribution in [2.75, 3.05) is 0 Å². The van der Waals surface area contributed by atoms with Gasteiger partial charge in [-0.25, -0.2) is 4.98 Å². The van der Waals surface area contributed by atoms with Gasteiger partial charge in [-0.2, -0.15) is 5.26 Å². The fourth-order valence-electron chi connectivity index (χ4n) is 1.97. The Kier molecular flexibility index (Phi) is 5.32. The highest BCUT2D eigenvalue weighted by atomic mass is 35.5. The standard InChI is InChI=1S/C18H13ClN2O2S/c19-14-4-6-16(7-5-14)23-11-18-21-15(12-24-18)10-22-17-3-1-2-13(8-17)9-20/h1-8,12H,10-11H2. The molecule has 0 bridgehead atoms. The third-order valence-corrected chi connectivity index (χ3v) is 4.25. The first kappa shape index (κ1) is 16.3. The summed E-state index contributed by atoms with van der Waals surface area (Å²) in [7, 11) is 0. The van der Waals surface area contributed by atoms with E-state index in [0.29, 0.717) is 29.5 Å². The van der Waals surface area contributed by atoms with Gasteiger partial charge in [-0.15, -0.1) is 11.3 Å². The summed E-state index contributed by atoms with van der Waals surface area (Å²) in [6, 6.07) is 16.4. The predicted molar refractivity (Wildman–Crippen MR) is 93.4 cm³/mol. The van der Waals surface area contributed by atoms with Gasteiger partial charge in [0.2, 0.25) is 0 Å². The SMILES string of the molecule is N#Cc1cccc(OCc2csc(COc3ccc(Cl)cc3)n2)c1. The lowest BCUT2D eigenvalue weighted by molar-refractivity contribution is 0.294. The van der Waals surface area contributed by atoms with Crippen molar-refractivity contribution < 1.29 is 9.47 Å². The third-order valence-electron chi connectivity index (χ3n) is 3.13. The molecule has 0 N–H and O–H groups in total. The highest BCUT2D eigenvalue weighted by molar-refractivity contribution is 7.09. The van der Waals surface area contributed by atoms with E-state index in [0.717, 1.165) is 16.5 Å². The summed E-state index contributed by atoms with van der Waals surface area (Å²) >= 11 is 7.36. The summed E-state index contributed by atoms with van der Waals surface area (Å²) in [5, 5.41) is 12.4. The Morgan fingerprint density at radius 1 is 1.04 bits per heavy atom. The van der Waals surface area contributed by atoms with Gasteiger partial charge in [-0.05, 0) is 42.5 Å². The molecule has 0 atom stereocenters. The molecule has 0 spiro atoms. The molecule has 1 heterocycles. The van der Waals surface area contributed by atoms with Crippen molar-refractivity contribution in [3.8, 4) is 17.6 Å². The number of halogens is 1. The van der Waals surface area contributed by atoms with Crippen LogP contribution in [-0.4, -0.2) is 4.98 Å². The van der Waals surface area contributed by atoms with E-state index < -0.39 is 0 Å². The van der Waals surface area contributed by atoms with Crippen molar-refractivity contribution in [2.45, 2.75) is 13.2 Å². The zero-order valence-corrected chi connectivity index (χ0v) is 14.2. The van der Waals surface area contributed by atoms with Crippen molar-refractivity contribution in [1.82, 2.24) is 4.98 Å². The topological polar surface area (TPSA) is 55.1 Å². The van der Waals surface area contributed by atoms with E-state index >= 15 is 0 Å². The number of ether oxygens (including phenoxy) is 2. The lowest BCUT2D eigenvalue weighted by Gasteiger charge is -2.04. The quantitative estimate of drug-likeness (QED) is 0.635. The molecule has 4 nitrogen and oxygen atoms in total. The number of aromatic nitrogens is 1. The van der Waals surface area contributed by atoms with E-state index in [1.165, 1.54) is 11.3 Å². The van der Waals surface area contributed by atoms with Crippen molar-refractivity contribution in [3.63, 3.8) is 0 Å². The lowest BCUT2D eigenvalue weighted by atomic mass is 10.2. The van der Waals surface area contributed by atoms with Crippen LogP contribution in [0.25, 0.3) is 0 Å². The third kappa shape index (κ3) is 4.48. The van der Waals surface area contributed by atoms with Gasteiger partial charge in [0.1, 0.15) is 29.7 Å². The molecular weight excluding hydrogens is 344 g/mol. The van der Waals surface area contributed by atoms with E-state index in [4.69, 9.17) is 26.3 Å². The van der Waals surface area contributed by atoms with Crippen molar-refractivity contribution in [1.29, 1.82) is 5.26 Å². The van der Waals surface area contributed by atoms with Crippen LogP contribution in [0.3, 0.4) is 0 Å². The van der Waals surface area contributed by atoms with E-state index in [-0.39, 0.29) is 0 Å². The number of thiazole rings is 1. The highest BCUT2D eigenvalue weighted by Crippen LogP contribution is 2.19. The Balaban J connectivity index is 1.53. The Labute approximate surface area is 148 Å². The van der Waals surface area contributed by atoms with Gasteiger partial charge in [0, 0.05) is 10.4 Å². The van der Waals surface area contributed by atoms with E-state index in [1.807, 2.05) is 23.6 Å². The molecule has 0 saturated heterocycles. The Bertz CT molecular complexity index is 856. The molecule has 0 fully saturated rings. The van der Waals surface area contributed by atoms with Crippen LogP contribution in [0.1, 0.15) is 16.3 Å². The van der Waals surface area contributed by atoms with E-state index in [1.54, 1.807) is 30.3 Å². The van der Waals surface area contributed by atoms with Gasteiger partial charge in [0.15, 0.2) is 0 Å². The minimum atomic E-state index is 0.353. The molecule has 0 aliphatic carbocycles. The molecule has 0 aliphatic heterocycles. The largest absolute Gasteiger partial charge is 0.487 e. The average molecular weight is 357 g/mol. The molecule has 0 unspecified atom stereocenters. The summed E-state index contributed by atoms with van der Waals surface area (Å²) in [6.45, 7) is 0.753. The normalized spacial score (nSPS) is 10.2. The molecular formula is C18H13ClN2O2S. The van der Waals surface area contributed by atoms with Crippen molar-refractivity contribution >= 4 is 22.9 Å². The van der Waals surface area contributed by atoms with Crippen LogP contribution in [0.15, 0.2) is 53.9 Å². The molecule has 0 saturated carbocycles. The lowest BCUT2D eigenvalue weighted by Crippen LogP contribution is -1.98. The molecule has 0 radical (unpaired) electrons. The Hall–Kier alpha value is -2.55. The van der Waals surface area contributed by atoms with Crippen LogP contribution >= 0.6 is 22.9 Å². The van der Waals surface area contributed by atoms with Gasteiger partial charge in [-0.1, -0.05) is 17.7 Å². The summed E-state index contributed by atoms with van der Waals surface area (Å²) in [6.07, 6.45) is 0. The molecule has 1 aromatic heterocycles. The zero-order chi connectivity index (χ0) is 16.8. The van der Waals surface area contributed by atoms with E-state index in [9.17, 15) is 0 Å². The maximum Gasteiger partial charge on any atom is 0.140 e. The molecule has 3 aromatic rings. The molecule has 120 valence electrons. The van der Waals surface area contributed by atoms with Crippen molar-refractivity contribution in [2.24, 2.45) is 0 Å². The van der Waals surface area contributed by atoms with Crippen LogP contribution in [-0.2, 0) is 13.2 Å². The first-order chi connectivity index (χ1) is 11.7.